The molecule has 0 fully saturated rings. The minimum atomic E-state index is -0.114. The van der Waals surface area contributed by atoms with E-state index < -0.39 is 0 Å². The van der Waals surface area contributed by atoms with Crippen LogP contribution in [0.25, 0.3) is 11.6 Å². The van der Waals surface area contributed by atoms with Gasteiger partial charge in [-0.1, -0.05) is 53.4 Å². The van der Waals surface area contributed by atoms with E-state index in [0.29, 0.717) is 0 Å². The standard InChI is InChI=1S/C12H10Si/c1-2-5-10-9(4-1)8-12-11(10)6-3-7-13-12/h1-8H,13H2. The first-order chi connectivity index (χ1) is 6.45. The summed E-state index contributed by atoms with van der Waals surface area (Å²) in [5.74, 6) is 0. The smallest absolute Gasteiger partial charge is 0.0791 e. The van der Waals surface area contributed by atoms with Crippen LogP contribution in [0.4, 0.5) is 0 Å². The van der Waals surface area contributed by atoms with Crippen molar-refractivity contribution in [1.29, 1.82) is 0 Å². The summed E-state index contributed by atoms with van der Waals surface area (Å²) in [4.78, 5) is 0. The summed E-state index contributed by atoms with van der Waals surface area (Å²) in [5.41, 5.74) is 6.65. The summed E-state index contributed by atoms with van der Waals surface area (Å²) in [6, 6.07) is 8.66. The van der Waals surface area contributed by atoms with Crippen molar-refractivity contribution in [2.24, 2.45) is 0 Å². The van der Waals surface area contributed by atoms with Crippen LogP contribution in [0.5, 0.6) is 0 Å². The molecule has 0 bridgehead atoms. The highest BCUT2D eigenvalue weighted by Crippen LogP contribution is 2.35. The predicted molar refractivity (Wildman–Crippen MR) is 60.1 cm³/mol. The third-order valence-corrected chi connectivity index (χ3v) is 4.20. The molecule has 62 valence electrons. The van der Waals surface area contributed by atoms with E-state index in [2.05, 4.69) is 48.2 Å². The summed E-state index contributed by atoms with van der Waals surface area (Å²) in [6.07, 6.45) is 6.81. The molecule has 1 aromatic carbocycles. The molecule has 0 N–H and O–H groups in total. The molecule has 2 aliphatic rings. The van der Waals surface area contributed by atoms with Gasteiger partial charge in [-0.3, -0.25) is 0 Å². The van der Waals surface area contributed by atoms with Crippen LogP contribution in [0.15, 0.2) is 47.3 Å². The maximum atomic E-state index is 2.36. The first-order valence-corrected chi connectivity index (χ1v) is 6.15. The zero-order valence-corrected chi connectivity index (χ0v) is 8.74. The van der Waals surface area contributed by atoms with Crippen molar-refractivity contribution < 1.29 is 0 Å². The number of hydrogen-bond donors (Lipinski definition) is 0. The van der Waals surface area contributed by atoms with Gasteiger partial charge in [0, 0.05) is 0 Å². The number of hydrogen-bond acceptors (Lipinski definition) is 0. The van der Waals surface area contributed by atoms with Crippen molar-refractivity contribution in [3.8, 4) is 0 Å². The lowest BCUT2D eigenvalue weighted by Crippen LogP contribution is -1.95. The van der Waals surface area contributed by atoms with E-state index in [4.69, 9.17) is 0 Å². The highest BCUT2D eigenvalue weighted by molar-refractivity contribution is 6.58. The minimum absolute atomic E-state index is 0.114. The van der Waals surface area contributed by atoms with Crippen molar-refractivity contribution in [2.75, 3.05) is 0 Å². The summed E-state index contributed by atoms with van der Waals surface area (Å²) < 4.78 is 0. The normalized spacial score (nSPS) is 19.4. The van der Waals surface area contributed by atoms with E-state index in [-0.39, 0.29) is 9.52 Å². The second-order valence-electron chi connectivity index (χ2n) is 3.47. The molecular formula is C12H10Si. The molecule has 1 heteroatoms. The molecule has 0 saturated heterocycles. The van der Waals surface area contributed by atoms with E-state index in [0.717, 1.165) is 0 Å². The third-order valence-electron chi connectivity index (χ3n) is 2.66. The van der Waals surface area contributed by atoms with Crippen molar-refractivity contribution >= 4 is 21.2 Å². The van der Waals surface area contributed by atoms with Crippen LogP contribution in [-0.2, 0) is 0 Å². The lowest BCUT2D eigenvalue weighted by molar-refractivity contribution is 1.61. The average Bonchev–Trinajstić information content (AvgIpc) is 2.56. The van der Waals surface area contributed by atoms with E-state index >= 15 is 0 Å². The molecule has 3 rings (SSSR count). The first kappa shape index (κ1) is 7.10. The Hall–Kier alpha value is -1.34. The van der Waals surface area contributed by atoms with E-state index in [9.17, 15) is 0 Å². The van der Waals surface area contributed by atoms with Crippen LogP contribution < -0.4 is 0 Å². The summed E-state index contributed by atoms with van der Waals surface area (Å²) in [5, 5.41) is 1.60. The monoisotopic (exact) mass is 182 g/mol. The van der Waals surface area contributed by atoms with E-state index in [1.165, 1.54) is 16.7 Å². The zero-order valence-electron chi connectivity index (χ0n) is 7.33. The SMILES string of the molecule is C1=C[SiH2]C2=Cc3ccccc3C2=C1. The van der Waals surface area contributed by atoms with Gasteiger partial charge < -0.3 is 0 Å². The summed E-state index contributed by atoms with van der Waals surface area (Å²) >= 11 is 0. The molecule has 0 unspecified atom stereocenters. The van der Waals surface area contributed by atoms with Crippen molar-refractivity contribution in [3.05, 3.63) is 58.4 Å². The molecule has 0 aromatic heterocycles. The van der Waals surface area contributed by atoms with Crippen LogP contribution in [0.1, 0.15) is 11.1 Å². The highest BCUT2D eigenvalue weighted by atomic mass is 28.2. The molecule has 1 heterocycles. The lowest BCUT2D eigenvalue weighted by atomic mass is 10.1. The fourth-order valence-corrected chi connectivity index (χ4v) is 3.42. The number of benzene rings is 1. The lowest BCUT2D eigenvalue weighted by Gasteiger charge is -2.07. The van der Waals surface area contributed by atoms with E-state index in [1.54, 1.807) is 5.20 Å². The summed E-state index contributed by atoms with van der Waals surface area (Å²) in [7, 11) is -0.114. The molecule has 0 nitrogen and oxygen atoms in total. The Kier molecular flexibility index (Phi) is 1.40. The molecule has 1 aromatic rings. The Morgan fingerprint density at radius 1 is 1.08 bits per heavy atom. The quantitative estimate of drug-likeness (QED) is 0.539. The Labute approximate surface area is 80.1 Å². The van der Waals surface area contributed by atoms with Gasteiger partial charge in [-0.2, -0.15) is 0 Å². The van der Waals surface area contributed by atoms with Crippen LogP contribution >= 0.6 is 0 Å². The van der Waals surface area contributed by atoms with Gasteiger partial charge in [-0.15, -0.1) is 0 Å². The van der Waals surface area contributed by atoms with Crippen molar-refractivity contribution in [3.63, 3.8) is 0 Å². The number of rotatable bonds is 0. The molecule has 0 atom stereocenters. The van der Waals surface area contributed by atoms with Gasteiger partial charge >= 0.3 is 0 Å². The molecule has 0 saturated carbocycles. The average molecular weight is 182 g/mol. The van der Waals surface area contributed by atoms with Gasteiger partial charge in [0.15, 0.2) is 0 Å². The van der Waals surface area contributed by atoms with Gasteiger partial charge in [0.25, 0.3) is 0 Å². The molecule has 13 heavy (non-hydrogen) atoms. The second-order valence-corrected chi connectivity index (χ2v) is 5.11. The Morgan fingerprint density at radius 3 is 3.00 bits per heavy atom. The summed E-state index contributed by atoms with van der Waals surface area (Å²) in [6.45, 7) is 0. The number of fused-ring (bicyclic) bond motifs is 3. The van der Waals surface area contributed by atoms with Crippen molar-refractivity contribution in [2.45, 2.75) is 0 Å². The maximum Gasteiger partial charge on any atom is 0.0791 e. The Balaban J connectivity index is 2.26. The van der Waals surface area contributed by atoms with Crippen LogP contribution in [0.2, 0.25) is 0 Å². The van der Waals surface area contributed by atoms with Gasteiger partial charge in [0.2, 0.25) is 0 Å². The molecule has 0 radical (unpaired) electrons. The molecule has 1 aliphatic heterocycles. The molecule has 0 spiro atoms. The topological polar surface area (TPSA) is 0 Å². The molecular weight excluding hydrogens is 172 g/mol. The van der Waals surface area contributed by atoms with Crippen LogP contribution in [0.3, 0.4) is 0 Å². The zero-order chi connectivity index (χ0) is 8.67. The fourth-order valence-electron chi connectivity index (χ4n) is 2.03. The highest BCUT2D eigenvalue weighted by Gasteiger charge is 2.17. The van der Waals surface area contributed by atoms with Gasteiger partial charge in [0.05, 0.1) is 9.52 Å². The van der Waals surface area contributed by atoms with Gasteiger partial charge in [0.1, 0.15) is 0 Å². The first-order valence-electron chi connectivity index (χ1n) is 4.62. The molecule has 0 amide bonds. The second kappa shape index (κ2) is 2.57. The maximum absolute atomic E-state index is 2.36. The van der Waals surface area contributed by atoms with Gasteiger partial charge in [-0.25, -0.2) is 0 Å². The third kappa shape index (κ3) is 0.973. The van der Waals surface area contributed by atoms with Gasteiger partial charge in [-0.05, 0) is 16.7 Å². The Morgan fingerprint density at radius 2 is 2.00 bits per heavy atom. The minimum Gasteiger partial charge on any atom is -0.0961 e. The molecule has 1 aliphatic carbocycles. The number of allylic oxidation sites excluding steroid dienone is 4. The van der Waals surface area contributed by atoms with Crippen molar-refractivity contribution in [1.82, 2.24) is 0 Å². The Bertz CT molecular complexity index is 450. The van der Waals surface area contributed by atoms with Crippen LogP contribution in [0, 0.1) is 0 Å². The predicted octanol–water partition coefficient (Wildman–Crippen LogP) is 2.12. The van der Waals surface area contributed by atoms with Crippen LogP contribution in [-0.4, -0.2) is 9.52 Å². The largest absolute Gasteiger partial charge is 0.0961 e. The van der Waals surface area contributed by atoms with E-state index in [1.807, 2.05) is 0 Å². The fraction of sp³-hybridized carbons (Fsp3) is 0.